The minimum Gasteiger partial charge on any atom is -0.493 e. The van der Waals surface area contributed by atoms with Gasteiger partial charge in [-0.15, -0.1) is 0 Å². The predicted octanol–water partition coefficient (Wildman–Crippen LogP) is 4.95. The molecular formula is C26H23F3N4O4S. The molecule has 2 saturated heterocycles. The molecule has 2 aliphatic heterocycles. The van der Waals surface area contributed by atoms with Gasteiger partial charge in [-0.3, -0.25) is 14.6 Å². The van der Waals surface area contributed by atoms with Crippen molar-refractivity contribution >= 4 is 34.8 Å². The first-order valence-corrected chi connectivity index (χ1v) is 12.5. The van der Waals surface area contributed by atoms with Crippen molar-refractivity contribution in [2.24, 2.45) is 4.99 Å². The number of thioether (sulfide) groups is 1. The van der Waals surface area contributed by atoms with Gasteiger partial charge in [0, 0.05) is 26.1 Å². The molecule has 2 aromatic rings. The third-order valence-corrected chi connectivity index (χ3v) is 6.73. The predicted molar refractivity (Wildman–Crippen MR) is 136 cm³/mol. The van der Waals surface area contributed by atoms with E-state index < -0.39 is 17.5 Å². The molecule has 0 bridgehead atoms. The quantitative estimate of drug-likeness (QED) is 0.373. The standard InChI is InChI=1S/C26H23F3N4O4S/c1-36-21-13-16(5-8-20(21)37-19-7-6-17(15-30)12-18(19)26(27,28)29)14-22-24(35)32-25(38-22)31-9-3-11-33-10-2-4-23(33)34/h5-8,12-14H,2-4,9-11H2,1H3,(H,31,32,35)/b22-14-. The maximum absolute atomic E-state index is 13.5. The summed E-state index contributed by atoms with van der Waals surface area (Å²) in [7, 11) is 1.35. The molecule has 0 radical (unpaired) electrons. The van der Waals surface area contributed by atoms with Crippen molar-refractivity contribution in [1.82, 2.24) is 10.2 Å². The van der Waals surface area contributed by atoms with E-state index in [1.807, 2.05) is 4.90 Å². The van der Waals surface area contributed by atoms with Gasteiger partial charge in [-0.05, 0) is 66.6 Å². The summed E-state index contributed by atoms with van der Waals surface area (Å²) < 4.78 is 51.3. The average molecular weight is 545 g/mol. The number of carbonyl (C=O) groups is 2. The third kappa shape index (κ3) is 6.47. The van der Waals surface area contributed by atoms with Crippen LogP contribution in [0.15, 0.2) is 46.3 Å². The number of nitriles is 1. The Balaban J connectivity index is 1.45. The lowest BCUT2D eigenvalue weighted by atomic mass is 10.1. The SMILES string of the molecule is COc1cc(/C=C2\SC(=NCCCN3CCCC3=O)NC2=O)ccc1Oc1ccc(C#N)cc1C(F)(F)F. The highest BCUT2D eigenvalue weighted by Gasteiger charge is 2.35. The first-order valence-electron chi connectivity index (χ1n) is 11.7. The van der Waals surface area contributed by atoms with Crippen LogP contribution in [-0.2, 0) is 15.8 Å². The number of methoxy groups -OCH3 is 1. The largest absolute Gasteiger partial charge is 0.493 e. The lowest BCUT2D eigenvalue weighted by Gasteiger charge is -2.16. The number of hydrogen-bond donors (Lipinski definition) is 1. The molecule has 2 fully saturated rings. The third-order valence-electron chi connectivity index (χ3n) is 5.78. The Morgan fingerprint density at radius 3 is 2.66 bits per heavy atom. The second-order valence-corrected chi connectivity index (χ2v) is 9.45. The molecule has 2 aromatic carbocycles. The van der Waals surface area contributed by atoms with E-state index >= 15 is 0 Å². The smallest absolute Gasteiger partial charge is 0.420 e. The molecule has 198 valence electrons. The van der Waals surface area contributed by atoms with Crippen molar-refractivity contribution in [2.45, 2.75) is 25.4 Å². The van der Waals surface area contributed by atoms with Gasteiger partial charge >= 0.3 is 6.18 Å². The second-order valence-electron chi connectivity index (χ2n) is 8.42. The normalized spacial score (nSPS) is 17.7. The van der Waals surface area contributed by atoms with E-state index in [2.05, 4.69) is 10.3 Å². The van der Waals surface area contributed by atoms with Crippen LogP contribution in [0.25, 0.3) is 6.08 Å². The highest BCUT2D eigenvalue weighted by molar-refractivity contribution is 8.18. The van der Waals surface area contributed by atoms with Crippen molar-refractivity contribution in [3.05, 3.63) is 58.0 Å². The summed E-state index contributed by atoms with van der Waals surface area (Å²) in [6.07, 6.45) is -0.942. The number of ether oxygens (including phenoxy) is 2. The molecule has 38 heavy (non-hydrogen) atoms. The Labute approximate surface area is 221 Å². The zero-order valence-corrected chi connectivity index (χ0v) is 21.1. The number of halogens is 3. The number of amidine groups is 1. The van der Waals surface area contributed by atoms with Gasteiger partial charge in [0.1, 0.15) is 5.75 Å². The lowest BCUT2D eigenvalue weighted by Crippen LogP contribution is -2.26. The van der Waals surface area contributed by atoms with Crippen LogP contribution < -0.4 is 14.8 Å². The summed E-state index contributed by atoms with van der Waals surface area (Å²) in [4.78, 5) is 30.7. The van der Waals surface area contributed by atoms with E-state index in [-0.39, 0.29) is 28.9 Å². The molecule has 1 N–H and O–H groups in total. The van der Waals surface area contributed by atoms with Crippen LogP contribution in [0.5, 0.6) is 17.2 Å². The van der Waals surface area contributed by atoms with Gasteiger partial charge in [-0.1, -0.05) is 6.07 Å². The maximum Gasteiger partial charge on any atom is 0.420 e. The number of rotatable bonds is 8. The van der Waals surface area contributed by atoms with Crippen molar-refractivity contribution in [3.8, 4) is 23.3 Å². The summed E-state index contributed by atoms with van der Waals surface area (Å²) in [5, 5.41) is 12.1. The van der Waals surface area contributed by atoms with Crippen LogP contribution in [0.4, 0.5) is 13.2 Å². The van der Waals surface area contributed by atoms with Crippen molar-refractivity contribution in [1.29, 1.82) is 5.26 Å². The minimum atomic E-state index is -4.72. The van der Waals surface area contributed by atoms with Gasteiger partial charge in [-0.2, -0.15) is 18.4 Å². The fourth-order valence-electron chi connectivity index (χ4n) is 3.92. The molecule has 0 saturated carbocycles. The molecule has 0 aromatic heterocycles. The van der Waals surface area contributed by atoms with E-state index in [1.165, 1.54) is 37.1 Å². The van der Waals surface area contributed by atoms with E-state index in [0.29, 0.717) is 41.6 Å². The summed E-state index contributed by atoms with van der Waals surface area (Å²) >= 11 is 1.17. The number of carbonyl (C=O) groups excluding carboxylic acids is 2. The van der Waals surface area contributed by atoms with E-state index in [9.17, 15) is 22.8 Å². The molecule has 0 aliphatic carbocycles. The number of likely N-dealkylation sites (tertiary alicyclic amines) is 1. The maximum atomic E-state index is 13.5. The van der Waals surface area contributed by atoms with E-state index in [4.69, 9.17) is 14.7 Å². The summed E-state index contributed by atoms with van der Waals surface area (Å²) in [6.45, 7) is 1.88. The molecule has 2 aliphatic rings. The highest BCUT2D eigenvalue weighted by atomic mass is 32.2. The Bertz CT molecular complexity index is 1350. The molecule has 4 rings (SSSR count). The zero-order valence-electron chi connectivity index (χ0n) is 20.3. The lowest BCUT2D eigenvalue weighted by molar-refractivity contribution is -0.138. The average Bonchev–Trinajstić information content (AvgIpc) is 3.46. The number of aliphatic imine (C=N–C) groups is 1. The fraction of sp³-hybridized carbons (Fsp3) is 0.308. The monoisotopic (exact) mass is 544 g/mol. The van der Waals surface area contributed by atoms with Gasteiger partial charge in [0.05, 0.1) is 29.2 Å². The second kappa shape index (κ2) is 11.6. The molecule has 8 nitrogen and oxygen atoms in total. The Hall–Kier alpha value is -3.98. The Kier molecular flexibility index (Phi) is 8.26. The summed E-state index contributed by atoms with van der Waals surface area (Å²) in [5.74, 6) is -0.439. The van der Waals surface area contributed by atoms with Crippen molar-refractivity contribution in [3.63, 3.8) is 0 Å². The number of nitrogens with one attached hydrogen (secondary N) is 1. The number of nitrogens with zero attached hydrogens (tertiary/aromatic N) is 3. The number of amides is 2. The molecule has 12 heteroatoms. The number of hydrogen-bond acceptors (Lipinski definition) is 7. The van der Waals surface area contributed by atoms with Crippen LogP contribution in [0.1, 0.15) is 36.0 Å². The van der Waals surface area contributed by atoms with Gasteiger partial charge in [0.15, 0.2) is 16.7 Å². The molecule has 0 unspecified atom stereocenters. The Morgan fingerprint density at radius 1 is 1.18 bits per heavy atom. The van der Waals surface area contributed by atoms with E-state index in [0.717, 1.165) is 25.1 Å². The topological polar surface area (TPSA) is 104 Å². The fourth-order valence-corrected chi connectivity index (χ4v) is 4.77. The minimum absolute atomic E-state index is 0.0344. The summed E-state index contributed by atoms with van der Waals surface area (Å²) in [6, 6.07) is 9.28. The van der Waals surface area contributed by atoms with Gasteiger partial charge in [0.25, 0.3) is 5.91 Å². The zero-order chi connectivity index (χ0) is 27.3. The van der Waals surface area contributed by atoms with Gasteiger partial charge in [0.2, 0.25) is 5.91 Å². The van der Waals surface area contributed by atoms with Crippen molar-refractivity contribution in [2.75, 3.05) is 26.7 Å². The first kappa shape index (κ1) is 27.1. The van der Waals surface area contributed by atoms with Gasteiger partial charge in [-0.25, -0.2) is 0 Å². The number of benzene rings is 2. The highest BCUT2D eigenvalue weighted by Crippen LogP contribution is 2.41. The molecule has 2 heterocycles. The molecular weight excluding hydrogens is 521 g/mol. The van der Waals surface area contributed by atoms with Gasteiger partial charge < -0.3 is 19.7 Å². The van der Waals surface area contributed by atoms with Crippen LogP contribution in [0.3, 0.4) is 0 Å². The number of alkyl halides is 3. The summed E-state index contributed by atoms with van der Waals surface area (Å²) in [5.41, 5.74) is -0.658. The first-order chi connectivity index (χ1) is 18.2. The van der Waals surface area contributed by atoms with Crippen LogP contribution in [-0.4, -0.2) is 48.6 Å². The van der Waals surface area contributed by atoms with Crippen LogP contribution >= 0.6 is 11.8 Å². The molecule has 2 amide bonds. The molecule has 0 atom stereocenters. The van der Waals surface area contributed by atoms with Crippen LogP contribution in [0.2, 0.25) is 0 Å². The van der Waals surface area contributed by atoms with E-state index in [1.54, 1.807) is 18.2 Å². The Morgan fingerprint density at radius 2 is 1.97 bits per heavy atom. The van der Waals surface area contributed by atoms with Crippen molar-refractivity contribution < 1.29 is 32.2 Å². The molecule has 0 spiro atoms. The van der Waals surface area contributed by atoms with Crippen LogP contribution in [0, 0.1) is 11.3 Å².